The molecule has 1 unspecified atom stereocenters. The zero-order valence-corrected chi connectivity index (χ0v) is 10.4. The Balaban J connectivity index is 2.02. The molecular formula is C14H17NO3. The van der Waals surface area contributed by atoms with Crippen LogP contribution in [0.3, 0.4) is 0 Å². The van der Waals surface area contributed by atoms with Gasteiger partial charge < -0.3 is 14.8 Å². The smallest absolute Gasteiger partial charge is 0.229 e. The van der Waals surface area contributed by atoms with Crippen LogP contribution in [0.2, 0.25) is 0 Å². The highest BCUT2D eigenvalue weighted by molar-refractivity contribution is 5.72. The summed E-state index contributed by atoms with van der Waals surface area (Å²) in [6.07, 6.45) is 2.45. The van der Waals surface area contributed by atoms with E-state index in [1.165, 1.54) is 12.5 Å². The third-order valence-corrected chi connectivity index (χ3v) is 2.82. The minimum absolute atomic E-state index is 0.0347. The first-order valence-corrected chi connectivity index (χ1v) is 5.98. The molecule has 0 saturated heterocycles. The maximum atomic E-state index is 11.0. The lowest BCUT2D eigenvalue weighted by atomic mass is 9.97. The normalized spacial score (nSPS) is 15.3. The fourth-order valence-corrected chi connectivity index (χ4v) is 1.91. The van der Waals surface area contributed by atoms with E-state index in [0.717, 1.165) is 12.2 Å². The molecule has 18 heavy (non-hydrogen) atoms. The quantitative estimate of drug-likeness (QED) is 0.863. The molecule has 0 radical (unpaired) electrons. The van der Waals surface area contributed by atoms with E-state index in [1.54, 1.807) is 6.26 Å². The fraction of sp³-hybridized carbons (Fsp3) is 0.357. The van der Waals surface area contributed by atoms with Crippen molar-refractivity contribution in [2.75, 3.05) is 13.3 Å². The number of nitrogens with one attached hydrogen (secondary N) is 1. The third-order valence-electron chi connectivity index (χ3n) is 2.82. The third kappa shape index (κ3) is 3.52. The largest absolute Gasteiger partial charge is 0.462 e. The topological polar surface area (TPSA) is 47.6 Å². The summed E-state index contributed by atoms with van der Waals surface area (Å²) in [6.45, 7) is 2.33. The highest BCUT2D eigenvalue weighted by Crippen LogP contribution is 2.21. The van der Waals surface area contributed by atoms with Crippen LogP contribution in [0.1, 0.15) is 12.5 Å². The van der Waals surface area contributed by atoms with Gasteiger partial charge in [-0.05, 0) is 12.0 Å². The summed E-state index contributed by atoms with van der Waals surface area (Å²) in [5.74, 6) is 0.874. The fourth-order valence-electron chi connectivity index (χ4n) is 1.91. The Bertz CT molecular complexity index is 428. The molecular weight excluding hydrogens is 230 g/mol. The van der Waals surface area contributed by atoms with Crippen molar-refractivity contribution < 1.29 is 14.3 Å². The van der Waals surface area contributed by atoms with Gasteiger partial charge in [-0.3, -0.25) is 4.79 Å². The molecule has 4 heteroatoms. The van der Waals surface area contributed by atoms with E-state index in [1.807, 2.05) is 18.2 Å². The Morgan fingerprint density at radius 1 is 1.39 bits per heavy atom. The Kier molecular flexibility index (Phi) is 4.23. The first-order valence-electron chi connectivity index (χ1n) is 5.98. The summed E-state index contributed by atoms with van der Waals surface area (Å²) < 4.78 is 10.5. The zero-order valence-electron chi connectivity index (χ0n) is 10.4. The number of hydrogen-bond acceptors (Lipinski definition) is 3. The van der Waals surface area contributed by atoms with Crippen molar-refractivity contribution in [3.8, 4) is 0 Å². The molecule has 0 aromatic heterocycles. The Labute approximate surface area is 107 Å². The van der Waals surface area contributed by atoms with Crippen LogP contribution in [0.4, 0.5) is 0 Å². The molecule has 1 heterocycles. The van der Waals surface area contributed by atoms with E-state index in [9.17, 15) is 4.79 Å². The van der Waals surface area contributed by atoms with Gasteiger partial charge in [-0.25, -0.2) is 0 Å². The molecule has 0 fully saturated rings. The molecule has 1 aromatic rings. The number of hydrogen-bond donors (Lipinski definition) is 1. The number of rotatable bonds is 5. The Hall–Kier alpha value is -1.97. The van der Waals surface area contributed by atoms with Crippen LogP contribution in [0.5, 0.6) is 0 Å². The van der Waals surface area contributed by atoms with Gasteiger partial charge in [0.15, 0.2) is 0 Å². The van der Waals surface area contributed by atoms with E-state index in [4.69, 9.17) is 9.47 Å². The molecule has 1 aromatic carbocycles. The monoisotopic (exact) mass is 247 g/mol. The maximum Gasteiger partial charge on any atom is 0.229 e. The highest BCUT2D eigenvalue weighted by Gasteiger charge is 2.20. The number of benzene rings is 1. The standard InChI is InChI=1S/C14H17NO3/c1-11(16)15-8-13(14-9-17-10-18-14)7-12-5-3-2-4-6-12/h2-6,9,13H,7-8,10H2,1H3,(H,15,16). The van der Waals surface area contributed by atoms with Crippen LogP contribution in [0, 0.1) is 5.92 Å². The second-order valence-corrected chi connectivity index (χ2v) is 4.27. The SMILES string of the molecule is CC(=O)NCC(Cc1ccccc1)C1=COCO1. The molecule has 0 aliphatic carbocycles. The summed E-state index contributed by atoms with van der Waals surface area (Å²) in [7, 11) is 0. The van der Waals surface area contributed by atoms with Crippen LogP contribution in [0.25, 0.3) is 0 Å². The van der Waals surface area contributed by atoms with Crippen molar-refractivity contribution in [1.29, 1.82) is 0 Å². The second kappa shape index (κ2) is 6.10. The van der Waals surface area contributed by atoms with Crippen LogP contribution in [-0.4, -0.2) is 19.2 Å². The average Bonchev–Trinajstić information content (AvgIpc) is 2.89. The Morgan fingerprint density at radius 2 is 2.17 bits per heavy atom. The average molecular weight is 247 g/mol. The first kappa shape index (κ1) is 12.5. The minimum Gasteiger partial charge on any atom is -0.462 e. The lowest BCUT2D eigenvalue weighted by Gasteiger charge is -2.17. The van der Waals surface area contributed by atoms with Gasteiger partial charge in [0.1, 0.15) is 12.0 Å². The lowest BCUT2D eigenvalue weighted by Crippen LogP contribution is -2.29. The first-order chi connectivity index (χ1) is 8.75. The highest BCUT2D eigenvalue weighted by atomic mass is 16.7. The number of ether oxygens (including phenoxy) is 2. The molecule has 2 rings (SSSR count). The molecule has 0 saturated carbocycles. The predicted molar refractivity (Wildman–Crippen MR) is 67.4 cm³/mol. The predicted octanol–water partition coefficient (Wildman–Crippen LogP) is 1.83. The van der Waals surface area contributed by atoms with Crippen molar-refractivity contribution in [2.24, 2.45) is 5.92 Å². The molecule has 0 bridgehead atoms. The van der Waals surface area contributed by atoms with E-state index >= 15 is 0 Å². The van der Waals surface area contributed by atoms with Crippen molar-refractivity contribution in [3.63, 3.8) is 0 Å². The van der Waals surface area contributed by atoms with Crippen molar-refractivity contribution in [1.82, 2.24) is 5.32 Å². The van der Waals surface area contributed by atoms with Gasteiger partial charge in [-0.2, -0.15) is 0 Å². The molecule has 1 N–H and O–H groups in total. The summed E-state index contributed by atoms with van der Waals surface area (Å²) in [6, 6.07) is 10.1. The van der Waals surface area contributed by atoms with Crippen molar-refractivity contribution >= 4 is 5.91 Å². The van der Waals surface area contributed by atoms with Gasteiger partial charge in [0.25, 0.3) is 0 Å². The van der Waals surface area contributed by atoms with E-state index in [2.05, 4.69) is 17.4 Å². The van der Waals surface area contributed by atoms with Crippen LogP contribution >= 0.6 is 0 Å². The van der Waals surface area contributed by atoms with E-state index in [-0.39, 0.29) is 18.6 Å². The van der Waals surface area contributed by atoms with E-state index < -0.39 is 0 Å². The van der Waals surface area contributed by atoms with Crippen molar-refractivity contribution in [3.05, 3.63) is 47.9 Å². The maximum absolute atomic E-state index is 11.0. The van der Waals surface area contributed by atoms with Gasteiger partial charge in [-0.15, -0.1) is 0 Å². The van der Waals surface area contributed by atoms with Crippen molar-refractivity contribution in [2.45, 2.75) is 13.3 Å². The lowest BCUT2D eigenvalue weighted by molar-refractivity contribution is -0.119. The molecule has 1 aliphatic rings. The summed E-state index contributed by atoms with van der Waals surface area (Å²) in [4.78, 5) is 11.0. The van der Waals surface area contributed by atoms with E-state index in [0.29, 0.717) is 6.54 Å². The number of carbonyl (C=O) groups is 1. The van der Waals surface area contributed by atoms with Crippen LogP contribution in [0.15, 0.2) is 42.4 Å². The van der Waals surface area contributed by atoms with Gasteiger partial charge in [-0.1, -0.05) is 30.3 Å². The minimum atomic E-state index is -0.0347. The van der Waals surface area contributed by atoms with Gasteiger partial charge in [0.05, 0.1) is 0 Å². The summed E-state index contributed by atoms with van der Waals surface area (Å²) in [5.41, 5.74) is 1.21. The molecule has 1 atom stereocenters. The van der Waals surface area contributed by atoms with Gasteiger partial charge >= 0.3 is 0 Å². The molecule has 4 nitrogen and oxygen atoms in total. The van der Waals surface area contributed by atoms with Gasteiger partial charge in [0, 0.05) is 19.4 Å². The molecule has 0 spiro atoms. The Morgan fingerprint density at radius 3 is 2.78 bits per heavy atom. The molecule has 1 amide bonds. The van der Waals surface area contributed by atoms with Crippen LogP contribution < -0.4 is 5.32 Å². The molecule has 96 valence electrons. The second-order valence-electron chi connectivity index (χ2n) is 4.27. The summed E-state index contributed by atoms with van der Waals surface area (Å²) in [5, 5.41) is 2.83. The van der Waals surface area contributed by atoms with Gasteiger partial charge in [0.2, 0.25) is 12.7 Å². The van der Waals surface area contributed by atoms with Crippen LogP contribution in [-0.2, 0) is 20.7 Å². The molecule has 1 aliphatic heterocycles. The number of amides is 1. The zero-order chi connectivity index (χ0) is 12.8. The number of carbonyl (C=O) groups excluding carboxylic acids is 1. The summed E-state index contributed by atoms with van der Waals surface area (Å²) >= 11 is 0.